The van der Waals surface area contributed by atoms with E-state index in [0.717, 1.165) is 0 Å². The van der Waals surface area contributed by atoms with Crippen LogP contribution in [0.25, 0.3) is 0 Å². The molecule has 8 nitrogen and oxygen atoms in total. The second-order valence-electron chi connectivity index (χ2n) is 5.56. The van der Waals surface area contributed by atoms with Crippen molar-refractivity contribution in [1.29, 1.82) is 5.26 Å². The lowest BCUT2D eigenvalue weighted by Crippen LogP contribution is -2.27. The summed E-state index contributed by atoms with van der Waals surface area (Å²) >= 11 is 0. The molecular formula is C18H16N4O4S. The second kappa shape index (κ2) is 7.47. The van der Waals surface area contributed by atoms with E-state index in [4.69, 9.17) is 10.00 Å². The number of rotatable bonds is 5. The molecule has 9 heteroatoms. The molecule has 0 spiro atoms. The van der Waals surface area contributed by atoms with Crippen LogP contribution in [0.2, 0.25) is 0 Å². The first-order valence-electron chi connectivity index (χ1n) is 7.96. The first kappa shape index (κ1) is 18.4. The Bertz CT molecular complexity index is 1070. The fourth-order valence-corrected chi connectivity index (χ4v) is 3.80. The van der Waals surface area contributed by atoms with E-state index in [1.807, 2.05) is 6.07 Å². The Morgan fingerprint density at radius 1 is 1.30 bits per heavy atom. The average Bonchev–Trinajstić information content (AvgIpc) is 2.94. The largest absolute Gasteiger partial charge is 0.504 e. The van der Waals surface area contributed by atoms with Gasteiger partial charge in [-0.15, -0.1) is 4.40 Å². The van der Waals surface area contributed by atoms with Crippen LogP contribution in [0.5, 0.6) is 11.5 Å². The van der Waals surface area contributed by atoms with E-state index in [-0.39, 0.29) is 35.2 Å². The first-order valence-corrected chi connectivity index (χ1v) is 9.40. The Kier molecular flexibility index (Phi) is 5.09. The number of hydrogen-bond acceptors (Lipinski definition) is 7. The van der Waals surface area contributed by atoms with Gasteiger partial charge in [-0.3, -0.25) is 0 Å². The molecule has 3 rings (SSSR count). The van der Waals surface area contributed by atoms with Crippen LogP contribution >= 0.6 is 0 Å². The smallest absolute Gasteiger partial charge is 0.285 e. The van der Waals surface area contributed by atoms with Crippen molar-refractivity contribution >= 4 is 22.1 Å². The molecule has 0 atom stereocenters. The average molecular weight is 384 g/mol. The van der Waals surface area contributed by atoms with Crippen LogP contribution in [0.15, 0.2) is 56.9 Å². The molecule has 27 heavy (non-hydrogen) atoms. The van der Waals surface area contributed by atoms with Gasteiger partial charge in [0.1, 0.15) is 4.90 Å². The molecule has 0 aromatic heterocycles. The summed E-state index contributed by atoms with van der Waals surface area (Å²) in [7, 11) is -2.37. The number of nitriles is 1. The Labute approximate surface area is 156 Å². The van der Waals surface area contributed by atoms with Crippen molar-refractivity contribution in [2.75, 3.05) is 13.7 Å². The summed E-state index contributed by atoms with van der Waals surface area (Å²) in [5, 5.41) is 24.7. The molecule has 1 aliphatic heterocycles. The van der Waals surface area contributed by atoms with Crippen LogP contribution in [-0.2, 0) is 10.0 Å². The summed E-state index contributed by atoms with van der Waals surface area (Å²) in [5.41, 5.74) is 0.800. The number of benzene rings is 2. The number of ether oxygens (including phenoxy) is 1. The highest BCUT2D eigenvalue weighted by molar-refractivity contribution is 7.90. The molecule has 0 saturated heterocycles. The van der Waals surface area contributed by atoms with Crippen LogP contribution in [0, 0.1) is 11.3 Å². The molecule has 0 saturated carbocycles. The topological polar surface area (TPSA) is 115 Å². The third-order valence-electron chi connectivity index (χ3n) is 3.88. The Morgan fingerprint density at radius 2 is 2.07 bits per heavy atom. The van der Waals surface area contributed by atoms with Crippen LogP contribution in [-0.4, -0.2) is 44.2 Å². The normalized spacial score (nSPS) is 14.4. The molecule has 0 aliphatic carbocycles. The number of para-hydroxylation sites is 1. The van der Waals surface area contributed by atoms with Gasteiger partial charge in [-0.1, -0.05) is 18.2 Å². The van der Waals surface area contributed by atoms with Crippen LogP contribution in [0.1, 0.15) is 17.5 Å². The second-order valence-corrected chi connectivity index (χ2v) is 7.13. The highest BCUT2D eigenvalue weighted by Crippen LogP contribution is 2.29. The van der Waals surface area contributed by atoms with Crippen molar-refractivity contribution in [3.05, 3.63) is 53.6 Å². The standard InChI is InChI=1S/C18H16N4O4S/c1-26-15-8-4-6-13(17(15)23)12-20-22(11-5-10-19)18-14-7-2-3-9-16(14)27(24,25)21-18/h2-4,6-9,12,23H,5,11H2,1H3. The number of hydrazone groups is 1. The number of hydrogen-bond donors (Lipinski definition) is 1. The maximum atomic E-state index is 12.3. The van der Waals surface area contributed by atoms with Gasteiger partial charge in [0, 0.05) is 11.1 Å². The SMILES string of the molecule is COc1cccc(C=NN(CCC#N)C2=NS(=O)(=O)c3ccccc32)c1O. The summed E-state index contributed by atoms with van der Waals surface area (Å²) in [4.78, 5) is 0.0985. The molecule has 1 heterocycles. The monoisotopic (exact) mass is 384 g/mol. The zero-order valence-corrected chi connectivity index (χ0v) is 15.2. The molecule has 1 aliphatic rings. The van der Waals surface area contributed by atoms with Gasteiger partial charge in [0.25, 0.3) is 10.0 Å². The maximum absolute atomic E-state index is 12.3. The minimum Gasteiger partial charge on any atom is -0.504 e. The molecule has 0 bridgehead atoms. The maximum Gasteiger partial charge on any atom is 0.285 e. The zero-order valence-electron chi connectivity index (χ0n) is 14.4. The van der Waals surface area contributed by atoms with Crippen molar-refractivity contribution in [2.45, 2.75) is 11.3 Å². The lowest BCUT2D eigenvalue weighted by atomic mass is 10.2. The van der Waals surface area contributed by atoms with Gasteiger partial charge in [-0.2, -0.15) is 18.8 Å². The number of nitrogens with zero attached hydrogens (tertiary/aromatic N) is 4. The Hall–Kier alpha value is -3.38. The molecule has 1 N–H and O–H groups in total. The number of amidine groups is 1. The summed E-state index contributed by atoms with van der Waals surface area (Å²) in [5.74, 6) is 0.332. The quantitative estimate of drug-likeness (QED) is 0.623. The van der Waals surface area contributed by atoms with E-state index in [0.29, 0.717) is 11.1 Å². The van der Waals surface area contributed by atoms with E-state index in [9.17, 15) is 13.5 Å². The van der Waals surface area contributed by atoms with Gasteiger partial charge < -0.3 is 9.84 Å². The molecule has 138 valence electrons. The third kappa shape index (κ3) is 3.61. The Morgan fingerprint density at radius 3 is 2.81 bits per heavy atom. The molecule has 0 fully saturated rings. The van der Waals surface area contributed by atoms with Crippen molar-refractivity contribution in [3.8, 4) is 17.6 Å². The van der Waals surface area contributed by atoms with Crippen LogP contribution in [0.4, 0.5) is 0 Å². The highest BCUT2D eigenvalue weighted by Gasteiger charge is 2.31. The molecule has 2 aromatic carbocycles. The Balaban J connectivity index is 2.01. The predicted molar refractivity (Wildman–Crippen MR) is 99.4 cm³/mol. The molecular weight excluding hydrogens is 368 g/mol. The lowest BCUT2D eigenvalue weighted by Gasteiger charge is -2.17. The minimum absolute atomic E-state index is 0.0923. The van der Waals surface area contributed by atoms with Crippen molar-refractivity contribution < 1.29 is 18.3 Å². The van der Waals surface area contributed by atoms with E-state index >= 15 is 0 Å². The zero-order chi connectivity index (χ0) is 19.4. The fraction of sp³-hybridized carbons (Fsp3) is 0.167. The van der Waals surface area contributed by atoms with Gasteiger partial charge in [0.05, 0.1) is 32.4 Å². The molecule has 0 unspecified atom stereocenters. The number of phenolic OH excluding ortho intramolecular Hbond substituents is 1. The van der Waals surface area contributed by atoms with Gasteiger partial charge in [-0.05, 0) is 24.3 Å². The summed E-state index contributed by atoms with van der Waals surface area (Å²) in [6.07, 6.45) is 1.48. The van der Waals surface area contributed by atoms with Crippen molar-refractivity contribution in [3.63, 3.8) is 0 Å². The van der Waals surface area contributed by atoms with Gasteiger partial charge in [0.15, 0.2) is 17.3 Å². The van der Waals surface area contributed by atoms with Crippen molar-refractivity contribution in [1.82, 2.24) is 5.01 Å². The summed E-state index contributed by atoms with van der Waals surface area (Å²) < 4.78 is 33.4. The van der Waals surface area contributed by atoms with E-state index in [2.05, 4.69) is 9.50 Å². The summed E-state index contributed by atoms with van der Waals surface area (Å²) in [6.45, 7) is 0.139. The fourth-order valence-electron chi connectivity index (χ4n) is 2.59. The first-order chi connectivity index (χ1) is 13.0. The molecule has 2 aromatic rings. The lowest BCUT2D eigenvalue weighted by molar-refractivity contribution is 0.373. The van der Waals surface area contributed by atoms with Crippen molar-refractivity contribution in [2.24, 2.45) is 9.50 Å². The third-order valence-corrected chi connectivity index (χ3v) is 5.20. The van der Waals surface area contributed by atoms with Gasteiger partial charge in [-0.25, -0.2) is 5.01 Å². The van der Waals surface area contributed by atoms with E-state index in [1.54, 1.807) is 36.4 Å². The highest BCUT2D eigenvalue weighted by atomic mass is 32.2. The number of methoxy groups -OCH3 is 1. The number of sulfonamides is 1. The van der Waals surface area contributed by atoms with Crippen LogP contribution in [0.3, 0.4) is 0 Å². The minimum atomic E-state index is -3.81. The van der Waals surface area contributed by atoms with Crippen LogP contribution < -0.4 is 4.74 Å². The predicted octanol–water partition coefficient (Wildman–Crippen LogP) is 2.10. The number of aromatic hydroxyl groups is 1. The number of fused-ring (bicyclic) bond motifs is 1. The number of phenols is 1. The van der Waals surface area contributed by atoms with E-state index < -0.39 is 10.0 Å². The molecule has 0 amide bonds. The van der Waals surface area contributed by atoms with Gasteiger partial charge in [0.2, 0.25) is 0 Å². The molecule has 0 radical (unpaired) electrons. The summed E-state index contributed by atoms with van der Waals surface area (Å²) in [6, 6.07) is 13.4. The van der Waals surface area contributed by atoms with E-state index in [1.165, 1.54) is 24.4 Å². The van der Waals surface area contributed by atoms with Gasteiger partial charge >= 0.3 is 0 Å².